The van der Waals surface area contributed by atoms with Gasteiger partial charge >= 0.3 is 0 Å². The van der Waals surface area contributed by atoms with E-state index in [0.29, 0.717) is 0 Å². The highest BCUT2D eigenvalue weighted by Gasteiger charge is 2.46. The van der Waals surface area contributed by atoms with Gasteiger partial charge in [0.15, 0.2) is 0 Å². The smallest absolute Gasteiger partial charge is 0.0742 e. The summed E-state index contributed by atoms with van der Waals surface area (Å²) in [7, 11) is 0. The molecule has 0 spiro atoms. The van der Waals surface area contributed by atoms with Crippen molar-refractivity contribution in [2.24, 2.45) is 0 Å². The number of aryl methyl sites for hydroxylation is 1. The normalized spacial score (nSPS) is 13.8. The van der Waals surface area contributed by atoms with Gasteiger partial charge < -0.3 is 4.90 Å². The first-order valence-electron chi connectivity index (χ1n) is 11.5. The second-order valence-electron chi connectivity index (χ2n) is 8.69. The van der Waals surface area contributed by atoms with Crippen LogP contribution in [0.2, 0.25) is 0 Å². The Balaban J connectivity index is 1.80. The Hall–Kier alpha value is -4.10. The highest BCUT2D eigenvalue weighted by molar-refractivity contribution is 5.89. The van der Waals surface area contributed by atoms with E-state index in [4.69, 9.17) is 0 Å². The van der Waals surface area contributed by atoms with Crippen LogP contribution in [0.4, 0.5) is 17.1 Å². The fourth-order valence-corrected chi connectivity index (χ4v) is 5.43. The Morgan fingerprint density at radius 3 is 1.64 bits per heavy atom. The Kier molecular flexibility index (Phi) is 4.62. The predicted molar refractivity (Wildman–Crippen MR) is 138 cm³/mol. The molecule has 6 rings (SSSR count). The number of hydrogen-bond acceptors (Lipinski definition) is 1. The zero-order valence-electron chi connectivity index (χ0n) is 18.6. The van der Waals surface area contributed by atoms with Gasteiger partial charge in [0.1, 0.15) is 0 Å². The second kappa shape index (κ2) is 7.79. The molecule has 0 aliphatic carbocycles. The summed E-state index contributed by atoms with van der Waals surface area (Å²) in [6.07, 6.45) is 0. The minimum atomic E-state index is -0.411. The van der Waals surface area contributed by atoms with E-state index >= 15 is 0 Å². The van der Waals surface area contributed by atoms with Crippen LogP contribution >= 0.6 is 0 Å². The van der Waals surface area contributed by atoms with Gasteiger partial charge in [0.05, 0.1) is 16.8 Å². The number of benzene rings is 5. The molecule has 1 aliphatic heterocycles. The van der Waals surface area contributed by atoms with Crippen molar-refractivity contribution in [2.75, 3.05) is 4.90 Å². The molecule has 1 nitrogen and oxygen atoms in total. The monoisotopic (exact) mass is 423 g/mol. The molecule has 5 aromatic rings. The molecule has 0 aromatic heterocycles. The number of fused-ring (bicyclic) bond motifs is 2. The molecular formula is C32H25N. The minimum absolute atomic E-state index is 0.411. The number of nitrogens with zero attached hydrogens (tertiary/aromatic N) is 1. The largest absolute Gasteiger partial charge is 0.310 e. The van der Waals surface area contributed by atoms with Gasteiger partial charge in [-0.25, -0.2) is 0 Å². The summed E-state index contributed by atoms with van der Waals surface area (Å²) in [6.45, 7) is 2.19. The SMILES string of the molecule is Cc1ccc2c(c1)C(c1ccccc1)(c1ccccc1)c1ccccc1N2c1ccccc1. The number of rotatable bonds is 3. The van der Waals surface area contributed by atoms with Crippen LogP contribution in [0, 0.1) is 6.92 Å². The molecule has 1 heteroatoms. The Bertz CT molecular complexity index is 1370. The van der Waals surface area contributed by atoms with Gasteiger partial charge in [-0.05, 0) is 53.4 Å². The third-order valence-electron chi connectivity index (χ3n) is 6.77. The van der Waals surface area contributed by atoms with Crippen molar-refractivity contribution in [3.63, 3.8) is 0 Å². The maximum Gasteiger partial charge on any atom is 0.0742 e. The first kappa shape index (κ1) is 19.6. The lowest BCUT2D eigenvalue weighted by molar-refractivity contribution is 0.730. The molecule has 33 heavy (non-hydrogen) atoms. The van der Waals surface area contributed by atoms with Gasteiger partial charge in [-0.1, -0.05) is 115 Å². The molecule has 0 fully saturated rings. The lowest BCUT2D eigenvalue weighted by Gasteiger charge is -2.46. The maximum absolute atomic E-state index is 2.41. The summed E-state index contributed by atoms with van der Waals surface area (Å²) in [4.78, 5) is 2.41. The van der Waals surface area contributed by atoms with Crippen LogP contribution in [0.25, 0.3) is 0 Å². The van der Waals surface area contributed by atoms with Gasteiger partial charge in [-0.15, -0.1) is 0 Å². The van der Waals surface area contributed by atoms with Gasteiger partial charge in [0, 0.05) is 5.69 Å². The summed E-state index contributed by atoms with van der Waals surface area (Å²) in [5.41, 5.74) is 9.62. The van der Waals surface area contributed by atoms with E-state index in [1.165, 1.54) is 44.9 Å². The molecule has 5 aromatic carbocycles. The molecule has 158 valence electrons. The van der Waals surface area contributed by atoms with E-state index in [0.717, 1.165) is 0 Å². The van der Waals surface area contributed by atoms with Crippen molar-refractivity contribution in [1.29, 1.82) is 0 Å². The van der Waals surface area contributed by atoms with Crippen LogP contribution < -0.4 is 4.90 Å². The molecule has 0 unspecified atom stereocenters. The van der Waals surface area contributed by atoms with Crippen molar-refractivity contribution in [1.82, 2.24) is 0 Å². The average Bonchev–Trinajstić information content (AvgIpc) is 2.89. The average molecular weight is 424 g/mol. The summed E-state index contributed by atoms with van der Waals surface area (Å²) >= 11 is 0. The van der Waals surface area contributed by atoms with Gasteiger partial charge in [0.2, 0.25) is 0 Å². The zero-order chi connectivity index (χ0) is 22.3. The number of anilines is 3. The van der Waals surface area contributed by atoms with Crippen LogP contribution in [0.3, 0.4) is 0 Å². The van der Waals surface area contributed by atoms with Crippen molar-refractivity contribution >= 4 is 17.1 Å². The van der Waals surface area contributed by atoms with Gasteiger partial charge in [-0.2, -0.15) is 0 Å². The number of para-hydroxylation sites is 2. The summed E-state index contributed by atoms with van der Waals surface area (Å²) in [5.74, 6) is 0. The molecule has 0 saturated heterocycles. The van der Waals surface area contributed by atoms with E-state index in [9.17, 15) is 0 Å². The highest BCUT2D eigenvalue weighted by atomic mass is 15.2. The zero-order valence-corrected chi connectivity index (χ0v) is 18.6. The standard InChI is InChI=1S/C32H25N/c1-24-21-22-31-29(23-24)32(25-13-5-2-6-14-25,26-15-7-3-8-16-26)28-19-11-12-20-30(28)33(31)27-17-9-4-10-18-27/h2-23H,1H3. The third kappa shape index (κ3) is 2.93. The molecule has 0 N–H and O–H groups in total. The molecule has 0 radical (unpaired) electrons. The van der Waals surface area contributed by atoms with Crippen molar-refractivity contribution in [2.45, 2.75) is 12.3 Å². The van der Waals surface area contributed by atoms with Crippen molar-refractivity contribution in [3.8, 4) is 0 Å². The Labute approximate surface area is 195 Å². The Morgan fingerprint density at radius 2 is 1.00 bits per heavy atom. The van der Waals surface area contributed by atoms with E-state index in [2.05, 4.69) is 145 Å². The third-order valence-corrected chi connectivity index (χ3v) is 6.77. The summed E-state index contributed by atoms with van der Waals surface area (Å²) < 4.78 is 0. The predicted octanol–water partition coefficient (Wildman–Crippen LogP) is 8.16. The molecule has 1 aliphatic rings. The van der Waals surface area contributed by atoms with Crippen LogP contribution in [-0.4, -0.2) is 0 Å². The molecule has 0 bridgehead atoms. The first-order valence-corrected chi connectivity index (χ1v) is 11.5. The van der Waals surface area contributed by atoms with E-state index in [-0.39, 0.29) is 0 Å². The quantitative estimate of drug-likeness (QED) is 0.277. The van der Waals surface area contributed by atoms with Crippen molar-refractivity contribution in [3.05, 3.63) is 161 Å². The van der Waals surface area contributed by atoms with E-state index < -0.39 is 5.41 Å². The second-order valence-corrected chi connectivity index (χ2v) is 8.69. The fraction of sp³-hybridized carbons (Fsp3) is 0.0625. The van der Waals surface area contributed by atoms with Crippen LogP contribution in [0.5, 0.6) is 0 Å². The van der Waals surface area contributed by atoms with E-state index in [1.54, 1.807) is 0 Å². The van der Waals surface area contributed by atoms with Crippen molar-refractivity contribution < 1.29 is 0 Å². The lowest BCUT2D eigenvalue weighted by atomic mass is 9.62. The van der Waals surface area contributed by atoms with Crippen LogP contribution in [0.15, 0.2) is 133 Å². The molecule has 0 atom stereocenters. The Morgan fingerprint density at radius 1 is 0.485 bits per heavy atom. The lowest BCUT2D eigenvalue weighted by Crippen LogP contribution is -2.37. The maximum atomic E-state index is 2.41. The van der Waals surface area contributed by atoms with Crippen LogP contribution in [0.1, 0.15) is 27.8 Å². The molecule has 0 amide bonds. The van der Waals surface area contributed by atoms with E-state index in [1.807, 2.05) is 0 Å². The number of hydrogen-bond donors (Lipinski definition) is 0. The molecule has 0 saturated carbocycles. The molecule has 1 heterocycles. The minimum Gasteiger partial charge on any atom is -0.310 e. The summed E-state index contributed by atoms with van der Waals surface area (Å²) in [6, 6.07) is 48.4. The fourth-order valence-electron chi connectivity index (χ4n) is 5.43. The van der Waals surface area contributed by atoms with Gasteiger partial charge in [0.25, 0.3) is 0 Å². The first-order chi connectivity index (χ1) is 16.3. The van der Waals surface area contributed by atoms with Crippen LogP contribution in [-0.2, 0) is 5.41 Å². The summed E-state index contributed by atoms with van der Waals surface area (Å²) in [5, 5.41) is 0. The highest BCUT2D eigenvalue weighted by Crippen LogP contribution is 2.57. The topological polar surface area (TPSA) is 3.24 Å². The van der Waals surface area contributed by atoms with Gasteiger partial charge in [-0.3, -0.25) is 0 Å². The molecular weight excluding hydrogens is 398 g/mol.